The van der Waals surface area contributed by atoms with Crippen LogP contribution in [0.2, 0.25) is 0 Å². The molecule has 2 saturated carbocycles. The van der Waals surface area contributed by atoms with Gasteiger partial charge in [0.1, 0.15) is 0 Å². The highest BCUT2D eigenvalue weighted by atomic mass is 19.2. The number of aryl methyl sites for hydroxylation is 1. The van der Waals surface area contributed by atoms with Crippen molar-refractivity contribution >= 4 is 6.08 Å². The van der Waals surface area contributed by atoms with Gasteiger partial charge >= 0.3 is 0 Å². The first kappa shape index (κ1) is 26.0. The van der Waals surface area contributed by atoms with Gasteiger partial charge in [-0.25, -0.2) is 17.6 Å². The van der Waals surface area contributed by atoms with Crippen molar-refractivity contribution in [1.82, 2.24) is 0 Å². The van der Waals surface area contributed by atoms with E-state index in [2.05, 4.69) is 6.92 Å². The predicted octanol–water partition coefficient (Wildman–Crippen LogP) is 9.87. The van der Waals surface area contributed by atoms with Crippen LogP contribution >= 0.6 is 0 Å². The van der Waals surface area contributed by atoms with Crippen molar-refractivity contribution in [2.75, 3.05) is 0 Å². The van der Waals surface area contributed by atoms with E-state index in [0.29, 0.717) is 23.1 Å². The van der Waals surface area contributed by atoms with Gasteiger partial charge in [-0.2, -0.15) is 0 Å². The summed E-state index contributed by atoms with van der Waals surface area (Å²) in [6.45, 7) is 4.01. The van der Waals surface area contributed by atoms with E-state index in [9.17, 15) is 17.6 Å². The molecule has 2 aliphatic rings. The van der Waals surface area contributed by atoms with Crippen molar-refractivity contribution in [3.8, 4) is 0 Å². The van der Waals surface area contributed by atoms with Crippen LogP contribution in [0.5, 0.6) is 0 Å². The summed E-state index contributed by atoms with van der Waals surface area (Å²) >= 11 is 0. The molecule has 4 rings (SSSR count). The molecule has 0 unspecified atom stereocenters. The Morgan fingerprint density at radius 3 is 1.86 bits per heavy atom. The van der Waals surface area contributed by atoms with Crippen molar-refractivity contribution < 1.29 is 17.6 Å². The molecule has 0 radical (unpaired) electrons. The van der Waals surface area contributed by atoms with E-state index in [0.717, 1.165) is 57.3 Å². The van der Waals surface area contributed by atoms with Crippen molar-refractivity contribution in [2.24, 2.45) is 11.8 Å². The Morgan fingerprint density at radius 1 is 0.686 bits per heavy atom. The molecule has 0 spiro atoms. The second-order valence-electron chi connectivity index (χ2n) is 10.6. The van der Waals surface area contributed by atoms with Crippen molar-refractivity contribution in [3.05, 3.63) is 75.9 Å². The zero-order valence-corrected chi connectivity index (χ0v) is 21.1. The van der Waals surface area contributed by atoms with Gasteiger partial charge in [-0.15, -0.1) is 0 Å². The molecular weight excluding hydrogens is 448 g/mol. The minimum Gasteiger partial charge on any atom is -0.203 e. The maximum atomic E-state index is 14.9. The number of hydrogen-bond donors (Lipinski definition) is 0. The second kappa shape index (κ2) is 11.8. The summed E-state index contributed by atoms with van der Waals surface area (Å²) < 4.78 is 58.6. The lowest BCUT2D eigenvalue weighted by molar-refractivity contribution is 0.303. The Labute approximate surface area is 207 Å². The number of halogens is 4. The summed E-state index contributed by atoms with van der Waals surface area (Å²) in [5.74, 6) is -1.80. The van der Waals surface area contributed by atoms with Crippen molar-refractivity contribution in [3.63, 3.8) is 0 Å². The van der Waals surface area contributed by atoms with E-state index in [1.54, 1.807) is 30.3 Å². The number of benzene rings is 2. The number of rotatable bonds is 7. The van der Waals surface area contributed by atoms with Gasteiger partial charge in [0.05, 0.1) is 0 Å². The Bertz CT molecular complexity index is 1020. The van der Waals surface area contributed by atoms with Gasteiger partial charge < -0.3 is 0 Å². The van der Waals surface area contributed by atoms with E-state index in [1.165, 1.54) is 12.8 Å². The topological polar surface area (TPSA) is 0 Å². The van der Waals surface area contributed by atoms with Gasteiger partial charge in [-0.05, 0) is 98.1 Å². The molecule has 2 aromatic rings. The lowest BCUT2D eigenvalue weighted by atomic mass is 9.77. The molecule has 0 atom stereocenters. The highest BCUT2D eigenvalue weighted by Crippen LogP contribution is 2.40. The largest absolute Gasteiger partial charge is 0.203 e. The summed E-state index contributed by atoms with van der Waals surface area (Å²) in [6, 6.07) is 6.91. The van der Waals surface area contributed by atoms with Crippen molar-refractivity contribution in [1.29, 1.82) is 0 Å². The molecule has 35 heavy (non-hydrogen) atoms. The van der Waals surface area contributed by atoms with Gasteiger partial charge in [-0.3, -0.25) is 0 Å². The molecule has 0 aliphatic heterocycles. The zero-order chi connectivity index (χ0) is 24.9. The third-order valence-electron chi connectivity index (χ3n) is 8.46. The van der Waals surface area contributed by atoms with Crippen LogP contribution in [0.4, 0.5) is 17.6 Å². The van der Waals surface area contributed by atoms with Crippen molar-refractivity contribution in [2.45, 2.75) is 96.3 Å². The van der Waals surface area contributed by atoms with Gasteiger partial charge in [0.15, 0.2) is 23.3 Å². The molecule has 0 heterocycles. The molecule has 2 fully saturated rings. The fraction of sp³-hybridized carbons (Fsp3) is 0.548. The Balaban J connectivity index is 1.36. The van der Waals surface area contributed by atoms with E-state index in [-0.39, 0.29) is 23.3 Å². The minimum absolute atomic E-state index is 0.000868. The summed E-state index contributed by atoms with van der Waals surface area (Å²) in [7, 11) is 0. The zero-order valence-electron chi connectivity index (χ0n) is 21.1. The van der Waals surface area contributed by atoms with E-state index in [1.807, 2.05) is 13.0 Å². The van der Waals surface area contributed by atoms with Crippen LogP contribution in [0, 0.1) is 35.1 Å². The number of allylic oxidation sites excluding steroid dienone is 1. The molecular formula is C31H38F4. The van der Waals surface area contributed by atoms with Crippen LogP contribution in [0.3, 0.4) is 0 Å². The first-order valence-corrected chi connectivity index (χ1v) is 13.6. The van der Waals surface area contributed by atoms with E-state index in [4.69, 9.17) is 0 Å². The van der Waals surface area contributed by atoms with Crippen LogP contribution in [0.15, 0.2) is 30.3 Å². The van der Waals surface area contributed by atoms with Crippen LogP contribution in [-0.4, -0.2) is 0 Å². The molecule has 190 valence electrons. The molecule has 4 heteroatoms. The van der Waals surface area contributed by atoms with Gasteiger partial charge in [0, 0.05) is 5.56 Å². The molecule has 2 aromatic carbocycles. The van der Waals surface area contributed by atoms with Crippen LogP contribution in [0.25, 0.3) is 6.08 Å². The second-order valence-corrected chi connectivity index (χ2v) is 10.6. The summed E-state index contributed by atoms with van der Waals surface area (Å²) in [6.07, 6.45) is 13.8. The summed E-state index contributed by atoms with van der Waals surface area (Å²) in [4.78, 5) is 0. The lowest BCUT2D eigenvalue weighted by Gasteiger charge is -2.29. The average Bonchev–Trinajstić information content (AvgIpc) is 2.88. The molecule has 0 nitrogen and oxygen atoms in total. The first-order valence-electron chi connectivity index (χ1n) is 13.6. The summed E-state index contributed by atoms with van der Waals surface area (Å²) in [5.41, 5.74) is 1.69. The predicted molar refractivity (Wildman–Crippen MR) is 135 cm³/mol. The SMILES string of the molecule is CCCC1CCC(c2ccc(/C=C/C3CCC(c4ccc(CC)c(F)c4F)CC3)c(F)c2F)CC1. The number of hydrogen-bond acceptors (Lipinski definition) is 0. The monoisotopic (exact) mass is 486 g/mol. The highest BCUT2D eigenvalue weighted by Gasteiger charge is 2.27. The van der Waals surface area contributed by atoms with E-state index < -0.39 is 23.3 Å². The molecule has 0 N–H and O–H groups in total. The maximum Gasteiger partial charge on any atom is 0.166 e. The third-order valence-corrected chi connectivity index (χ3v) is 8.46. The molecule has 0 saturated heterocycles. The Morgan fingerprint density at radius 2 is 1.26 bits per heavy atom. The van der Waals surface area contributed by atoms with E-state index >= 15 is 0 Å². The van der Waals surface area contributed by atoms with Gasteiger partial charge in [0.25, 0.3) is 0 Å². The quantitative estimate of drug-likeness (QED) is 0.342. The van der Waals surface area contributed by atoms with Crippen LogP contribution in [0.1, 0.15) is 112 Å². The smallest absolute Gasteiger partial charge is 0.166 e. The highest BCUT2D eigenvalue weighted by molar-refractivity contribution is 5.52. The summed E-state index contributed by atoms with van der Waals surface area (Å²) in [5, 5.41) is 0. The Kier molecular flexibility index (Phi) is 8.73. The molecule has 0 bridgehead atoms. The molecule has 0 amide bonds. The van der Waals surface area contributed by atoms with Gasteiger partial charge in [0.2, 0.25) is 0 Å². The lowest BCUT2D eigenvalue weighted by Crippen LogP contribution is -2.15. The molecule has 2 aliphatic carbocycles. The minimum atomic E-state index is -0.753. The fourth-order valence-electron chi connectivity index (χ4n) is 6.25. The van der Waals surface area contributed by atoms with Gasteiger partial charge in [-0.1, -0.05) is 63.1 Å². The first-order chi connectivity index (χ1) is 16.9. The normalized spacial score (nSPS) is 25.3. The average molecular weight is 487 g/mol. The Hall–Kier alpha value is -2.10. The van der Waals surface area contributed by atoms with Crippen LogP contribution in [-0.2, 0) is 6.42 Å². The maximum absolute atomic E-state index is 14.9. The third kappa shape index (κ3) is 5.84. The van der Waals surface area contributed by atoms with Crippen LogP contribution < -0.4 is 0 Å². The molecule has 0 aromatic heterocycles. The fourth-order valence-corrected chi connectivity index (χ4v) is 6.25. The standard InChI is InChI=1S/C31H38F4/c1-3-5-20-6-11-23(12-7-20)27-19-17-25(29(33)31(27)35)15-10-21-8-13-24(14-9-21)26-18-16-22(4-2)28(32)30(26)34/h10,15-21,23-24H,3-9,11-14H2,1-2H3/b15-10+.